The molecule has 1 atom stereocenters. The third kappa shape index (κ3) is 4.00. The minimum Gasteiger partial charge on any atom is -0.455 e. The lowest BCUT2D eigenvalue weighted by Gasteiger charge is -2.14. The first-order chi connectivity index (χ1) is 12.2. The van der Waals surface area contributed by atoms with Gasteiger partial charge in [0.05, 0.1) is 23.3 Å². The van der Waals surface area contributed by atoms with E-state index in [1.165, 1.54) is 0 Å². The second kappa shape index (κ2) is 7.85. The number of anilines is 1. The van der Waals surface area contributed by atoms with Gasteiger partial charge in [0.15, 0.2) is 6.61 Å². The largest absolute Gasteiger partial charge is 0.455 e. The lowest BCUT2D eigenvalue weighted by molar-refractivity contribution is -0.149. The van der Waals surface area contributed by atoms with E-state index in [9.17, 15) is 9.59 Å². The second-order valence-corrected chi connectivity index (χ2v) is 5.99. The van der Waals surface area contributed by atoms with Crippen LogP contribution in [0.1, 0.15) is 24.8 Å². The number of benzene rings is 2. The van der Waals surface area contributed by atoms with Crippen molar-refractivity contribution in [2.24, 2.45) is 0 Å². The molecule has 1 N–H and O–H groups in total. The van der Waals surface area contributed by atoms with Crippen LogP contribution in [0.4, 0.5) is 5.69 Å². The minimum absolute atomic E-state index is 0.337. The van der Waals surface area contributed by atoms with Gasteiger partial charge < -0.3 is 10.1 Å². The highest BCUT2D eigenvalue weighted by Crippen LogP contribution is 2.22. The number of nitrogens with one attached hydrogen (secondary N) is 1. The number of carbonyl (C=O) groups is 2. The predicted molar refractivity (Wildman–Crippen MR) is 96.5 cm³/mol. The van der Waals surface area contributed by atoms with E-state index in [2.05, 4.69) is 14.1 Å². The molecule has 0 aliphatic heterocycles. The molecule has 2 aromatic carbocycles. The number of ether oxygens (including phenoxy) is 1. The van der Waals surface area contributed by atoms with E-state index in [1.807, 2.05) is 43.3 Å². The Balaban J connectivity index is 1.60. The van der Waals surface area contributed by atoms with Crippen molar-refractivity contribution in [3.63, 3.8) is 0 Å². The summed E-state index contributed by atoms with van der Waals surface area (Å²) in [6.07, 6.45) is 0.605. The van der Waals surface area contributed by atoms with Gasteiger partial charge in [0.2, 0.25) is 0 Å². The Hall–Kier alpha value is -2.80. The topological polar surface area (TPSA) is 81.2 Å². The monoisotopic (exact) mass is 355 g/mol. The number of rotatable bonds is 6. The van der Waals surface area contributed by atoms with E-state index in [0.717, 1.165) is 22.8 Å². The van der Waals surface area contributed by atoms with Crippen LogP contribution in [0.3, 0.4) is 0 Å². The van der Waals surface area contributed by atoms with Crippen LogP contribution in [-0.2, 0) is 14.3 Å². The van der Waals surface area contributed by atoms with E-state index in [4.69, 9.17) is 4.74 Å². The van der Waals surface area contributed by atoms with Gasteiger partial charge in [0.1, 0.15) is 11.0 Å². The van der Waals surface area contributed by atoms with Crippen molar-refractivity contribution in [2.75, 3.05) is 11.9 Å². The highest BCUT2D eigenvalue weighted by atomic mass is 32.1. The van der Waals surface area contributed by atoms with Gasteiger partial charge in [-0.05, 0) is 24.1 Å². The molecular formula is C18H17N3O3S. The molecule has 0 aliphatic carbocycles. The molecule has 6 nitrogen and oxygen atoms in total. The maximum atomic E-state index is 12.3. The molecule has 25 heavy (non-hydrogen) atoms. The zero-order valence-electron chi connectivity index (χ0n) is 13.6. The molecule has 3 rings (SSSR count). The lowest BCUT2D eigenvalue weighted by Crippen LogP contribution is -2.24. The summed E-state index contributed by atoms with van der Waals surface area (Å²) < 4.78 is 13.5. The molecule has 128 valence electrons. The number of nitrogens with zero attached hydrogens (tertiary/aromatic N) is 2. The van der Waals surface area contributed by atoms with Crippen molar-refractivity contribution in [1.29, 1.82) is 0 Å². The third-order valence-electron chi connectivity index (χ3n) is 3.80. The Kier molecular flexibility index (Phi) is 5.35. The van der Waals surface area contributed by atoms with Gasteiger partial charge in [-0.2, -0.15) is 8.75 Å². The molecule has 0 aliphatic rings. The Morgan fingerprint density at radius 1 is 1.12 bits per heavy atom. The van der Waals surface area contributed by atoms with E-state index in [-0.39, 0.29) is 12.5 Å². The van der Waals surface area contributed by atoms with Crippen molar-refractivity contribution < 1.29 is 14.3 Å². The first-order valence-corrected chi connectivity index (χ1v) is 8.64. The molecule has 1 aromatic heterocycles. The fourth-order valence-corrected chi connectivity index (χ4v) is 3.10. The Morgan fingerprint density at radius 2 is 1.92 bits per heavy atom. The quantitative estimate of drug-likeness (QED) is 0.686. The van der Waals surface area contributed by atoms with Crippen LogP contribution in [0.15, 0.2) is 48.5 Å². The van der Waals surface area contributed by atoms with Crippen molar-refractivity contribution in [3.8, 4) is 0 Å². The van der Waals surface area contributed by atoms with Gasteiger partial charge in [-0.15, -0.1) is 0 Å². The fraction of sp³-hybridized carbons (Fsp3) is 0.222. The molecule has 1 heterocycles. The fourth-order valence-electron chi connectivity index (χ4n) is 2.55. The Morgan fingerprint density at radius 3 is 2.68 bits per heavy atom. The summed E-state index contributed by atoms with van der Waals surface area (Å²) in [7, 11) is 0. The minimum atomic E-state index is -0.406. The number of carbonyl (C=O) groups excluding carboxylic acids is 2. The standard InChI is InChI=1S/C18H17N3O3S/c1-2-13(12-7-4-3-5-8-12)18(23)24-11-16(22)19-14-9-6-10-15-17(14)21-25-20-15/h3-10,13H,2,11H2,1H3,(H,19,22)/t13-/m1/s1. The van der Waals surface area contributed by atoms with Crippen LogP contribution in [0.5, 0.6) is 0 Å². The maximum absolute atomic E-state index is 12.3. The van der Waals surface area contributed by atoms with E-state index < -0.39 is 11.9 Å². The van der Waals surface area contributed by atoms with Crippen LogP contribution in [0.2, 0.25) is 0 Å². The predicted octanol–water partition coefficient (Wildman–Crippen LogP) is 3.37. The van der Waals surface area contributed by atoms with E-state index in [1.54, 1.807) is 12.1 Å². The molecule has 7 heteroatoms. The highest BCUT2D eigenvalue weighted by Gasteiger charge is 2.21. The molecule has 0 saturated heterocycles. The summed E-state index contributed by atoms with van der Waals surface area (Å²) in [6, 6.07) is 14.7. The number of esters is 1. The number of aromatic nitrogens is 2. The van der Waals surface area contributed by atoms with Crippen molar-refractivity contribution in [3.05, 3.63) is 54.1 Å². The molecule has 0 fully saturated rings. The highest BCUT2D eigenvalue weighted by molar-refractivity contribution is 7.00. The summed E-state index contributed by atoms with van der Waals surface area (Å²) in [5.74, 6) is -1.19. The lowest BCUT2D eigenvalue weighted by atomic mass is 9.97. The zero-order chi connectivity index (χ0) is 17.6. The van der Waals surface area contributed by atoms with E-state index in [0.29, 0.717) is 17.6 Å². The van der Waals surface area contributed by atoms with Crippen molar-refractivity contribution in [1.82, 2.24) is 8.75 Å². The molecule has 0 unspecified atom stereocenters. The normalized spacial score (nSPS) is 11.9. The Bertz CT molecular complexity index is 879. The molecule has 0 radical (unpaired) electrons. The van der Waals surface area contributed by atoms with Gasteiger partial charge in [0, 0.05) is 0 Å². The van der Waals surface area contributed by atoms with Crippen LogP contribution >= 0.6 is 11.7 Å². The molecule has 0 saturated carbocycles. The number of hydrogen-bond acceptors (Lipinski definition) is 6. The summed E-state index contributed by atoms with van der Waals surface area (Å²) in [5, 5.41) is 2.71. The SMILES string of the molecule is CC[C@@H](C(=O)OCC(=O)Nc1cccc2nsnc12)c1ccccc1. The van der Waals surface area contributed by atoms with Crippen LogP contribution in [0, 0.1) is 0 Å². The third-order valence-corrected chi connectivity index (χ3v) is 4.34. The van der Waals surface area contributed by atoms with Crippen LogP contribution in [0.25, 0.3) is 11.0 Å². The number of amides is 1. The van der Waals surface area contributed by atoms with Gasteiger partial charge in [-0.25, -0.2) is 0 Å². The van der Waals surface area contributed by atoms with Crippen molar-refractivity contribution in [2.45, 2.75) is 19.3 Å². The first kappa shape index (κ1) is 17.0. The number of fused-ring (bicyclic) bond motifs is 1. The van der Waals surface area contributed by atoms with Gasteiger partial charge >= 0.3 is 5.97 Å². The first-order valence-electron chi connectivity index (χ1n) is 7.91. The maximum Gasteiger partial charge on any atom is 0.313 e. The van der Waals surface area contributed by atoms with Crippen LogP contribution < -0.4 is 5.32 Å². The molecule has 1 amide bonds. The van der Waals surface area contributed by atoms with E-state index >= 15 is 0 Å². The molecule has 0 spiro atoms. The smallest absolute Gasteiger partial charge is 0.313 e. The van der Waals surface area contributed by atoms with Gasteiger partial charge in [-0.1, -0.05) is 43.3 Å². The van der Waals surface area contributed by atoms with Gasteiger partial charge in [0.25, 0.3) is 5.91 Å². The average molecular weight is 355 g/mol. The summed E-state index contributed by atoms with van der Waals surface area (Å²) in [5.41, 5.74) is 2.79. The summed E-state index contributed by atoms with van der Waals surface area (Å²) in [6.45, 7) is 1.57. The average Bonchev–Trinajstić information content (AvgIpc) is 3.11. The molecular weight excluding hydrogens is 338 g/mol. The molecule has 3 aromatic rings. The zero-order valence-corrected chi connectivity index (χ0v) is 14.5. The number of hydrogen-bond donors (Lipinski definition) is 1. The van der Waals surface area contributed by atoms with Crippen molar-refractivity contribution >= 4 is 40.3 Å². The van der Waals surface area contributed by atoms with Crippen LogP contribution in [-0.4, -0.2) is 27.2 Å². The summed E-state index contributed by atoms with van der Waals surface area (Å²) >= 11 is 1.08. The Labute approximate surface area is 149 Å². The second-order valence-electron chi connectivity index (χ2n) is 5.46. The molecule has 0 bridgehead atoms. The summed E-state index contributed by atoms with van der Waals surface area (Å²) in [4.78, 5) is 24.4. The van der Waals surface area contributed by atoms with Gasteiger partial charge in [-0.3, -0.25) is 9.59 Å².